The van der Waals surface area contributed by atoms with Crippen LogP contribution >= 0.6 is 0 Å². The van der Waals surface area contributed by atoms with Crippen molar-refractivity contribution in [3.8, 4) is 6.07 Å². The lowest BCUT2D eigenvalue weighted by atomic mass is 10.4. The number of hydrogen-bond donors (Lipinski definition) is 0. The van der Waals surface area contributed by atoms with Gasteiger partial charge in [0, 0.05) is 12.6 Å². The van der Waals surface area contributed by atoms with E-state index in [0.717, 1.165) is 0 Å². The third-order valence-corrected chi connectivity index (χ3v) is 3.38. The van der Waals surface area contributed by atoms with E-state index in [4.69, 9.17) is 5.26 Å². The summed E-state index contributed by atoms with van der Waals surface area (Å²) in [6.07, 6.45) is 0. The molecule has 0 aromatic carbocycles. The predicted octanol–water partition coefficient (Wildman–Crippen LogP) is 0.570. The molecule has 0 atom stereocenters. The Bertz CT molecular complexity index is 264. The summed E-state index contributed by atoms with van der Waals surface area (Å²) in [5.74, 6) is -0.432. The first-order valence-electron chi connectivity index (χ1n) is 3.82. The van der Waals surface area contributed by atoms with Gasteiger partial charge in [0.05, 0.1) is 6.07 Å². The molecule has 0 aliphatic rings. The van der Waals surface area contributed by atoms with Crippen molar-refractivity contribution >= 4 is 10.0 Å². The average Bonchev–Trinajstić information content (AvgIpc) is 1.86. The van der Waals surface area contributed by atoms with Crippen LogP contribution in [0.25, 0.3) is 0 Å². The maximum Gasteiger partial charge on any atom is 0.227 e. The summed E-state index contributed by atoms with van der Waals surface area (Å²) in [7, 11) is -3.35. The zero-order chi connectivity index (χ0) is 9.78. The van der Waals surface area contributed by atoms with Crippen molar-refractivity contribution in [2.45, 2.75) is 26.8 Å². The molecule has 0 aliphatic heterocycles. The molecule has 0 amide bonds. The van der Waals surface area contributed by atoms with E-state index in [1.165, 1.54) is 4.31 Å². The van der Waals surface area contributed by atoms with Crippen molar-refractivity contribution < 1.29 is 8.42 Å². The molecule has 0 saturated carbocycles. The van der Waals surface area contributed by atoms with Crippen molar-refractivity contribution in [2.75, 3.05) is 12.3 Å². The van der Waals surface area contributed by atoms with Gasteiger partial charge in [0.15, 0.2) is 5.75 Å². The van der Waals surface area contributed by atoms with Crippen LogP contribution in [0.2, 0.25) is 0 Å². The number of rotatable bonds is 4. The summed E-state index contributed by atoms with van der Waals surface area (Å²) < 4.78 is 23.9. The summed E-state index contributed by atoms with van der Waals surface area (Å²) in [5.41, 5.74) is 0. The lowest BCUT2D eigenvalue weighted by Crippen LogP contribution is -2.37. The molecular weight excluding hydrogens is 176 g/mol. The number of hydrogen-bond acceptors (Lipinski definition) is 3. The Morgan fingerprint density at radius 2 is 2.00 bits per heavy atom. The molecule has 0 aliphatic carbocycles. The van der Waals surface area contributed by atoms with Crippen LogP contribution in [-0.2, 0) is 10.0 Å². The molecule has 0 N–H and O–H groups in total. The van der Waals surface area contributed by atoms with E-state index in [1.54, 1.807) is 26.8 Å². The van der Waals surface area contributed by atoms with E-state index in [0.29, 0.717) is 6.54 Å². The molecule has 12 heavy (non-hydrogen) atoms. The van der Waals surface area contributed by atoms with Crippen LogP contribution < -0.4 is 0 Å². The number of nitriles is 1. The molecule has 4 nitrogen and oxygen atoms in total. The molecule has 5 heteroatoms. The van der Waals surface area contributed by atoms with Gasteiger partial charge in [0.2, 0.25) is 10.0 Å². The Hall–Kier alpha value is -0.600. The van der Waals surface area contributed by atoms with Gasteiger partial charge in [-0.2, -0.15) is 9.57 Å². The topological polar surface area (TPSA) is 61.2 Å². The monoisotopic (exact) mass is 190 g/mol. The quantitative estimate of drug-likeness (QED) is 0.651. The molecule has 0 aromatic heterocycles. The van der Waals surface area contributed by atoms with E-state index < -0.39 is 15.8 Å². The Morgan fingerprint density at radius 3 is 2.25 bits per heavy atom. The molecule has 0 heterocycles. The van der Waals surface area contributed by atoms with Gasteiger partial charge >= 0.3 is 0 Å². The first-order chi connectivity index (χ1) is 5.45. The van der Waals surface area contributed by atoms with Crippen LogP contribution in [0, 0.1) is 11.3 Å². The van der Waals surface area contributed by atoms with Crippen molar-refractivity contribution in [3.05, 3.63) is 0 Å². The number of sulfonamides is 1. The highest BCUT2D eigenvalue weighted by atomic mass is 32.2. The highest BCUT2D eigenvalue weighted by Gasteiger charge is 2.22. The van der Waals surface area contributed by atoms with Crippen LogP contribution in [0.4, 0.5) is 0 Å². The van der Waals surface area contributed by atoms with Gasteiger partial charge < -0.3 is 0 Å². The third kappa shape index (κ3) is 2.80. The summed E-state index contributed by atoms with van der Waals surface area (Å²) in [5, 5.41) is 8.27. The van der Waals surface area contributed by atoms with Crippen LogP contribution in [0.5, 0.6) is 0 Å². The Morgan fingerprint density at radius 1 is 1.50 bits per heavy atom. The summed E-state index contributed by atoms with van der Waals surface area (Å²) in [4.78, 5) is 0. The second kappa shape index (κ2) is 4.43. The van der Waals surface area contributed by atoms with Crippen LogP contribution in [0.15, 0.2) is 0 Å². The normalized spacial score (nSPS) is 12.0. The second-order valence-corrected chi connectivity index (χ2v) is 4.63. The van der Waals surface area contributed by atoms with Crippen LogP contribution in [0.1, 0.15) is 20.8 Å². The van der Waals surface area contributed by atoms with E-state index in [9.17, 15) is 8.42 Å². The van der Waals surface area contributed by atoms with E-state index in [1.807, 2.05) is 0 Å². The zero-order valence-electron chi connectivity index (χ0n) is 7.61. The lowest BCUT2D eigenvalue weighted by molar-refractivity contribution is 0.371. The fourth-order valence-corrected chi connectivity index (χ4v) is 2.41. The summed E-state index contributed by atoms with van der Waals surface area (Å²) in [6, 6.07) is 1.57. The predicted molar refractivity (Wildman–Crippen MR) is 46.9 cm³/mol. The molecule has 0 rings (SSSR count). The van der Waals surface area contributed by atoms with Crippen molar-refractivity contribution in [1.82, 2.24) is 4.31 Å². The SMILES string of the molecule is CCN(C(C)C)S(=O)(=O)CC#N. The van der Waals surface area contributed by atoms with Gasteiger partial charge in [-0.25, -0.2) is 8.42 Å². The van der Waals surface area contributed by atoms with Crippen LogP contribution in [-0.4, -0.2) is 31.1 Å². The molecule has 0 fully saturated rings. The van der Waals surface area contributed by atoms with Crippen molar-refractivity contribution in [2.24, 2.45) is 0 Å². The molecule has 0 bridgehead atoms. The smallest absolute Gasteiger partial charge is 0.211 e. The number of nitrogens with zero attached hydrogens (tertiary/aromatic N) is 2. The second-order valence-electron chi connectivity index (χ2n) is 2.71. The lowest BCUT2D eigenvalue weighted by Gasteiger charge is -2.22. The summed E-state index contributed by atoms with van der Waals surface area (Å²) in [6.45, 7) is 5.76. The maximum atomic E-state index is 11.3. The first kappa shape index (κ1) is 11.4. The average molecular weight is 190 g/mol. The molecule has 0 saturated heterocycles. The molecule has 0 spiro atoms. The molecular formula is C7H14N2O2S. The van der Waals surface area contributed by atoms with E-state index in [2.05, 4.69) is 0 Å². The fourth-order valence-electron chi connectivity index (χ4n) is 1.05. The van der Waals surface area contributed by atoms with Crippen LogP contribution in [0.3, 0.4) is 0 Å². The standard InChI is InChI=1S/C7H14N2O2S/c1-4-9(7(2)3)12(10,11)6-5-8/h7H,4,6H2,1-3H3. The minimum Gasteiger partial charge on any atom is -0.211 e. The Labute approximate surface area is 73.8 Å². The van der Waals surface area contributed by atoms with Gasteiger partial charge in [-0.3, -0.25) is 0 Å². The molecule has 0 unspecified atom stereocenters. The van der Waals surface area contributed by atoms with Gasteiger partial charge in [0.1, 0.15) is 0 Å². The Balaban J connectivity index is 4.64. The highest BCUT2D eigenvalue weighted by molar-refractivity contribution is 7.89. The van der Waals surface area contributed by atoms with Crippen molar-refractivity contribution in [3.63, 3.8) is 0 Å². The fraction of sp³-hybridized carbons (Fsp3) is 0.857. The van der Waals surface area contributed by atoms with Gasteiger partial charge in [-0.05, 0) is 13.8 Å². The van der Waals surface area contributed by atoms with Gasteiger partial charge in [-0.15, -0.1) is 0 Å². The molecule has 70 valence electrons. The maximum absolute atomic E-state index is 11.3. The first-order valence-corrected chi connectivity index (χ1v) is 5.43. The van der Waals surface area contributed by atoms with Gasteiger partial charge in [-0.1, -0.05) is 6.92 Å². The molecule has 0 aromatic rings. The minimum absolute atomic E-state index is 0.0756. The third-order valence-electron chi connectivity index (χ3n) is 1.49. The zero-order valence-corrected chi connectivity index (χ0v) is 8.43. The molecule has 0 radical (unpaired) electrons. The largest absolute Gasteiger partial charge is 0.227 e. The van der Waals surface area contributed by atoms with E-state index in [-0.39, 0.29) is 6.04 Å². The minimum atomic E-state index is -3.35. The summed E-state index contributed by atoms with van der Waals surface area (Å²) >= 11 is 0. The Kier molecular flexibility index (Phi) is 4.21. The van der Waals surface area contributed by atoms with E-state index >= 15 is 0 Å². The van der Waals surface area contributed by atoms with Crippen molar-refractivity contribution in [1.29, 1.82) is 5.26 Å². The highest BCUT2D eigenvalue weighted by Crippen LogP contribution is 2.05. The van der Waals surface area contributed by atoms with Gasteiger partial charge in [0.25, 0.3) is 0 Å².